The van der Waals surface area contributed by atoms with Crippen molar-refractivity contribution in [3.63, 3.8) is 0 Å². The standard InChI is InChI=1S/C27H35BrN2O7/c1-23(2,3)36-21(31)30(22(32)37-24(4,5)6)20-29-27(16-34-20)18-13-17(28)9-10-19(18)35-26(11-7-8-12-26)25(27)14-33-15-25/h9-10,13H,7-8,11-12,14-16H2,1-6H3. The molecule has 1 aliphatic carbocycles. The van der Waals surface area contributed by atoms with Gasteiger partial charge in [-0.15, -0.1) is 4.90 Å². The molecule has 1 saturated carbocycles. The fraction of sp³-hybridized carbons (Fsp3) is 0.667. The molecular weight excluding hydrogens is 544 g/mol. The van der Waals surface area contributed by atoms with Crippen LogP contribution < -0.4 is 4.74 Å². The summed E-state index contributed by atoms with van der Waals surface area (Å²) < 4.78 is 30.8. The van der Waals surface area contributed by atoms with E-state index in [9.17, 15) is 9.59 Å². The van der Waals surface area contributed by atoms with Crippen LogP contribution >= 0.6 is 15.9 Å². The zero-order chi connectivity index (χ0) is 26.9. The van der Waals surface area contributed by atoms with E-state index in [-0.39, 0.29) is 12.6 Å². The van der Waals surface area contributed by atoms with E-state index in [4.69, 9.17) is 28.7 Å². The Morgan fingerprint density at radius 3 is 2.08 bits per heavy atom. The molecule has 0 radical (unpaired) electrons. The van der Waals surface area contributed by atoms with Crippen molar-refractivity contribution >= 4 is 34.1 Å². The van der Waals surface area contributed by atoms with Gasteiger partial charge in [0.15, 0.2) is 0 Å². The van der Waals surface area contributed by atoms with Crippen molar-refractivity contribution in [3.8, 4) is 5.75 Å². The lowest BCUT2D eigenvalue weighted by molar-refractivity contribution is -0.257. The molecule has 4 aliphatic rings. The fourth-order valence-electron chi connectivity index (χ4n) is 5.93. The summed E-state index contributed by atoms with van der Waals surface area (Å²) in [5.41, 5.74) is -2.77. The molecule has 0 aromatic heterocycles. The van der Waals surface area contributed by atoms with Crippen LogP contribution in [0, 0.1) is 5.41 Å². The Bertz CT molecular complexity index is 1110. The summed E-state index contributed by atoms with van der Waals surface area (Å²) in [6, 6.07) is 5.73. The maximum Gasteiger partial charge on any atom is 0.428 e. The Morgan fingerprint density at radius 1 is 0.973 bits per heavy atom. The van der Waals surface area contributed by atoms with Crippen LogP contribution in [0.2, 0.25) is 0 Å². The van der Waals surface area contributed by atoms with Crippen molar-refractivity contribution in [2.24, 2.45) is 10.4 Å². The van der Waals surface area contributed by atoms with Gasteiger partial charge in [-0.05, 0) is 85.4 Å². The quantitative estimate of drug-likeness (QED) is 0.376. The third-order valence-electron chi connectivity index (χ3n) is 7.50. The number of benzene rings is 1. The number of nitrogens with zero attached hydrogens (tertiary/aromatic N) is 2. The smallest absolute Gasteiger partial charge is 0.428 e. The van der Waals surface area contributed by atoms with Gasteiger partial charge in [-0.25, -0.2) is 14.6 Å². The van der Waals surface area contributed by atoms with Gasteiger partial charge in [0.25, 0.3) is 0 Å². The summed E-state index contributed by atoms with van der Waals surface area (Å²) in [5, 5.41) is 0. The Balaban J connectivity index is 1.66. The zero-order valence-electron chi connectivity index (χ0n) is 22.3. The van der Waals surface area contributed by atoms with Gasteiger partial charge < -0.3 is 23.7 Å². The van der Waals surface area contributed by atoms with Gasteiger partial charge >= 0.3 is 18.2 Å². The Morgan fingerprint density at radius 2 is 1.57 bits per heavy atom. The Hall–Kier alpha value is -2.33. The number of halogens is 1. The molecule has 2 fully saturated rings. The topological polar surface area (TPSA) is 95.9 Å². The summed E-state index contributed by atoms with van der Waals surface area (Å²) in [4.78, 5) is 32.5. The van der Waals surface area contributed by atoms with Crippen molar-refractivity contribution in [1.29, 1.82) is 0 Å². The monoisotopic (exact) mass is 578 g/mol. The molecule has 3 spiro atoms. The lowest BCUT2D eigenvalue weighted by Gasteiger charge is -2.62. The number of fused-ring (bicyclic) bond motifs is 4. The second kappa shape index (κ2) is 8.59. The van der Waals surface area contributed by atoms with Crippen molar-refractivity contribution < 1.29 is 33.3 Å². The molecule has 3 heterocycles. The molecule has 1 aromatic rings. The second-order valence-corrected chi connectivity index (χ2v) is 13.3. The normalized spacial score (nSPS) is 25.1. The van der Waals surface area contributed by atoms with Crippen molar-refractivity contribution in [1.82, 2.24) is 4.90 Å². The summed E-state index contributed by atoms with van der Waals surface area (Å²) >= 11 is 3.60. The first kappa shape index (κ1) is 26.3. The minimum atomic E-state index is -0.926. The SMILES string of the molecule is CC(C)(C)OC(=O)N(C(=O)OC(C)(C)C)C1=NC2(CO1)c1cc(Br)ccc1OC1(CCCC1)C21COC1. The number of carbonyl (C=O) groups is 2. The summed E-state index contributed by atoms with van der Waals surface area (Å²) in [7, 11) is 0. The number of hydrogen-bond donors (Lipinski definition) is 0. The number of hydrogen-bond acceptors (Lipinski definition) is 8. The van der Waals surface area contributed by atoms with E-state index in [2.05, 4.69) is 15.9 Å². The summed E-state index contributed by atoms with van der Waals surface area (Å²) in [6.07, 6.45) is 2.02. The first-order chi connectivity index (χ1) is 17.2. The molecule has 1 atom stereocenters. The van der Waals surface area contributed by atoms with Gasteiger partial charge in [0.05, 0.1) is 18.6 Å². The molecular formula is C27H35BrN2O7. The fourth-order valence-corrected chi connectivity index (χ4v) is 6.29. The van der Waals surface area contributed by atoms with Gasteiger partial charge in [-0.2, -0.15) is 0 Å². The third-order valence-corrected chi connectivity index (χ3v) is 8.00. The van der Waals surface area contributed by atoms with Crippen LogP contribution in [0.1, 0.15) is 72.8 Å². The number of ether oxygens (including phenoxy) is 5. The van der Waals surface area contributed by atoms with Gasteiger partial charge in [0.2, 0.25) is 0 Å². The summed E-state index contributed by atoms with van der Waals surface area (Å²) in [6.45, 7) is 11.4. The molecule has 202 valence electrons. The minimum absolute atomic E-state index is 0.127. The average Bonchev–Trinajstić information content (AvgIpc) is 3.34. The molecule has 1 unspecified atom stereocenters. The molecule has 9 nitrogen and oxygen atoms in total. The largest absolute Gasteiger partial charge is 0.486 e. The lowest BCUT2D eigenvalue weighted by Crippen LogP contribution is -2.72. The second-order valence-electron chi connectivity index (χ2n) is 12.4. The molecule has 5 rings (SSSR count). The highest BCUT2D eigenvalue weighted by molar-refractivity contribution is 9.10. The van der Waals surface area contributed by atoms with E-state index in [0.29, 0.717) is 13.2 Å². The minimum Gasteiger partial charge on any atom is -0.486 e. The van der Waals surface area contributed by atoms with E-state index >= 15 is 0 Å². The molecule has 37 heavy (non-hydrogen) atoms. The number of amides is 2. The van der Waals surface area contributed by atoms with Crippen molar-refractivity contribution in [3.05, 3.63) is 28.2 Å². The maximum absolute atomic E-state index is 13.3. The van der Waals surface area contributed by atoms with Crippen LogP contribution in [0.5, 0.6) is 5.75 Å². The predicted molar refractivity (Wildman–Crippen MR) is 139 cm³/mol. The van der Waals surface area contributed by atoms with Crippen LogP contribution in [-0.2, 0) is 24.5 Å². The van der Waals surface area contributed by atoms with E-state index in [1.807, 2.05) is 18.2 Å². The summed E-state index contributed by atoms with van der Waals surface area (Å²) in [5.74, 6) is 0.734. The first-order valence-corrected chi connectivity index (χ1v) is 13.6. The number of rotatable bonds is 0. The first-order valence-electron chi connectivity index (χ1n) is 12.8. The highest BCUT2D eigenvalue weighted by atomic mass is 79.9. The van der Waals surface area contributed by atoms with E-state index in [1.165, 1.54) is 0 Å². The van der Waals surface area contributed by atoms with E-state index < -0.39 is 39.9 Å². The average molecular weight is 579 g/mol. The predicted octanol–water partition coefficient (Wildman–Crippen LogP) is 5.92. The molecule has 1 saturated heterocycles. The van der Waals surface area contributed by atoms with E-state index in [1.54, 1.807) is 41.5 Å². The van der Waals surface area contributed by atoms with Crippen molar-refractivity contribution in [2.45, 2.75) is 89.6 Å². The van der Waals surface area contributed by atoms with Crippen LogP contribution in [0.25, 0.3) is 0 Å². The molecule has 10 heteroatoms. The highest BCUT2D eigenvalue weighted by Gasteiger charge is 2.74. The third kappa shape index (κ3) is 4.20. The Labute approximate surface area is 225 Å². The highest BCUT2D eigenvalue weighted by Crippen LogP contribution is 2.66. The molecule has 2 amide bonds. The molecule has 3 aliphatic heterocycles. The molecule has 0 N–H and O–H groups in total. The van der Waals surface area contributed by atoms with Gasteiger partial charge in [-0.3, -0.25) is 0 Å². The van der Waals surface area contributed by atoms with Crippen LogP contribution in [-0.4, -0.2) is 59.7 Å². The van der Waals surface area contributed by atoms with E-state index in [0.717, 1.165) is 46.4 Å². The van der Waals surface area contributed by atoms with Crippen LogP contribution in [0.4, 0.5) is 9.59 Å². The number of imide groups is 1. The van der Waals surface area contributed by atoms with Gasteiger partial charge in [0.1, 0.15) is 34.7 Å². The lowest BCUT2D eigenvalue weighted by atomic mass is 9.54. The van der Waals surface area contributed by atoms with Crippen LogP contribution in [0.3, 0.4) is 0 Å². The molecule has 1 aromatic carbocycles. The van der Waals surface area contributed by atoms with Crippen molar-refractivity contribution in [2.75, 3.05) is 19.8 Å². The van der Waals surface area contributed by atoms with Gasteiger partial charge in [0, 0.05) is 10.0 Å². The maximum atomic E-state index is 13.3. The number of aliphatic imine (C=N–C) groups is 1. The molecule has 0 bridgehead atoms. The Kier molecular flexibility index (Phi) is 6.10. The van der Waals surface area contributed by atoms with Gasteiger partial charge in [-0.1, -0.05) is 15.9 Å². The number of amidine groups is 1. The number of carbonyl (C=O) groups excluding carboxylic acids is 2. The zero-order valence-corrected chi connectivity index (χ0v) is 23.9. The van der Waals surface area contributed by atoms with Crippen LogP contribution in [0.15, 0.2) is 27.7 Å².